The molecule has 0 saturated carbocycles. The van der Waals surface area contributed by atoms with Gasteiger partial charge in [0.05, 0.1) is 13.2 Å². The minimum Gasteiger partial charge on any atom is -0.494 e. The first kappa shape index (κ1) is 17.3. The van der Waals surface area contributed by atoms with E-state index in [2.05, 4.69) is 10.6 Å². The van der Waals surface area contributed by atoms with Gasteiger partial charge in [0.15, 0.2) is 0 Å². The van der Waals surface area contributed by atoms with Gasteiger partial charge in [0, 0.05) is 11.8 Å². The number of amides is 2. The van der Waals surface area contributed by atoms with Gasteiger partial charge >= 0.3 is 0 Å². The second-order valence-electron chi connectivity index (χ2n) is 4.97. The van der Waals surface area contributed by atoms with Crippen molar-refractivity contribution in [2.45, 2.75) is 6.92 Å². The van der Waals surface area contributed by atoms with Crippen LogP contribution in [0.1, 0.15) is 12.5 Å². The van der Waals surface area contributed by atoms with E-state index in [9.17, 15) is 9.59 Å². The molecule has 2 amide bonds. The normalized spacial score (nSPS) is 10.4. The summed E-state index contributed by atoms with van der Waals surface area (Å²) in [5, 5.41) is 5.25. The smallest absolute Gasteiger partial charge is 0.244 e. The van der Waals surface area contributed by atoms with E-state index in [-0.39, 0.29) is 18.4 Å². The van der Waals surface area contributed by atoms with Crippen LogP contribution in [0, 0.1) is 0 Å². The maximum Gasteiger partial charge on any atom is 0.244 e. The highest BCUT2D eigenvalue weighted by atomic mass is 16.5. The maximum absolute atomic E-state index is 11.8. The zero-order valence-corrected chi connectivity index (χ0v) is 13.5. The molecule has 5 nitrogen and oxygen atoms in total. The molecule has 0 aliphatic rings. The zero-order valence-electron chi connectivity index (χ0n) is 13.5. The predicted octanol–water partition coefficient (Wildman–Crippen LogP) is 2.85. The Balaban J connectivity index is 1.76. The fraction of sp³-hybridized carbons (Fsp3) is 0.158. The molecule has 0 aliphatic carbocycles. The number of rotatable bonds is 7. The topological polar surface area (TPSA) is 67.4 Å². The van der Waals surface area contributed by atoms with Gasteiger partial charge in [-0.15, -0.1) is 0 Å². The average Bonchev–Trinajstić information content (AvgIpc) is 2.61. The summed E-state index contributed by atoms with van der Waals surface area (Å²) in [4.78, 5) is 23.5. The number of carbonyl (C=O) groups is 2. The molecule has 24 heavy (non-hydrogen) atoms. The molecule has 0 bridgehead atoms. The SMILES string of the molecule is CCOc1ccc(NC(=O)CNC(=O)C=Cc2ccccc2)cc1. The van der Waals surface area contributed by atoms with E-state index in [0.29, 0.717) is 12.3 Å². The third kappa shape index (κ3) is 5.96. The Bertz CT molecular complexity index is 694. The van der Waals surface area contributed by atoms with Crippen molar-refractivity contribution in [1.82, 2.24) is 5.32 Å². The Labute approximate surface area is 141 Å². The Morgan fingerprint density at radius 3 is 2.42 bits per heavy atom. The molecule has 0 unspecified atom stereocenters. The van der Waals surface area contributed by atoms with Crippen molar-refractivity contribution < 1.29 is 14.3 Å². The molecule has 0 radical (unpaired) electrons. The van der Waals surface area contributed by atoms with Crippen LogP contribution in [0.4, 0.5) is 5.69 Å². The fourth-order valence-electron chi connectivity index (χ4n) is 1.97. The second kappa shape index (κ2) is 9.15. The van der Waals surface area contributed by atoms with Crippen LogP contribution in [-0.4, -0.2) is 25.0 Å². The van der Waals surface area contributed by atoms with E-state index in [4.69, 9.17) is 4.74 Å². The van der Waals surface area contributed by atoms with Crippen LogP contribution < -0.4 is 15.4 Å². The summed E-state index contributed by atoms with van der Waals surface area (Å²) < 4.78 is 5.33. The van der Waals surface area contributed by atoms with Crippen LogP contribution in [0.25, 0.3) is 6.08 Å². The van der Waals surface area contributed by atoms with Crippen LogP contribution in [0.3, 0.4) is 0 Å². The molecule has 2 aromatic rings. The minimum absolute atomic E-state index is 0.0921. The first-order chi connectivity index (χ1) is 11.7. The number of hydrogen-bond donors (Lipinski definition) is 2. The van der Waals surface area contributed by atoms with Crippen molar-refractivity contribution in [1.29, 1.82) is 0 Å². The highest BCUT2D eigenvalue weighted by Gasteiger charge is 2.04. The number of anilines is 1. The molecule has 2 aromatic carbocycles. The third-order valence-corrected chi connectivity index (χ3v) is 3.10. The van der Waals surface area contributed by atoms with E-state index in [0.717, 1.165) is 11.3 Å². The molecular weight excluding hydrogens is 304 g/mol. The quantitative estimate of drug-likeness (QED) is 0.770. The predicted molar refractivity (Wildman–Crippen MR) is 94.7 cm³/mol. The lowest BCUT2D eigenvalue weighted by atomic mass is 10.2. The molecule has 0 aliphatic heterocycles. The van der Waals surface area contributed by atoms with Crippen LogP contribution in [0.2, 0.25) is 0 Å². The van der Waals surface area contributed by atoms with Crippen LogP contribution in [0.5, 0.6) is 5.75 Å². The molecule has 5 heteroatoms. The molecule has 0 aromatic heterocycles. The summed E-state index contributed by atoms with van der Waals surface area (Å²) in [5.41, 5.74) is 1.57. The number of benzene rings is 2. The molecule has 0 fully saturated rings. The van der Waals surface area contributed by atoms with Crippen LogP contribution in [-0.2, 0) is 9.59 Å². The van der Waals surface area contributed by atoms with Gasteiger partial charge in [-0.3, -0.25) is 9.59 Å². The number of nitrogens with one attached hydrogen (secondary N) is 2. The van der Waals surface area contributed by atoms with Gasteiger partial charge in [0.2, 0.25) is 11.8 Å². The lowest BCUT2D eigenvalue weighted by molar-refractivity contribution is -0.121. The number of ether oxygens (including phenoxy) is 1. The van der Waals surface area contributed by atoms with Crippen molar-refractivity contribution in [3.8, 4) is 5.75 Å². The second-order valence-corrected chi connectivity index (χ2v) is 4.97. The highest BCUT2D eigenvalue weighted by Crippen LogP contribution is 2.15. The summed E-state index contributed by atoms with van der Waals surface area (Å²) in [6, 6.07) is 16.5. The molecule has 124 valence electrons. The number of carbonyl (C=O) groups excluding carboxylic acids is 2. The molecule has 2 rings (SSSR count). The molecule has 0 heterocycles. The van der Waals surface area contributed by atoms with Crippen molar-refractivity contribution in [3.05, 3.63) is 66.2 Å². The Hall–Kier alpha value is -3.08. The van der Waals surface area contributed by atoms with Crippen LogP contribution in [0.15, 0.2) is 60.7 Å². The summed E-state index contributed by atoms with van der Waals surface area (Å²) in [6.45, 7) is 2.41. The minimum atomic E-state index is -0.319. The van der Waals surface area contributed by atoms with Gasteiger partial charge in [-0.2, -0.15) is 0 Å². The Morgan fingerprint density at radius 2 is 1.75 bits per heavy atom. The van der Waals surface area contributed by atoms with Crippen molar-refractivity contribution >= 4 is 23.6 Å². The Kier molecular flexibility index (Phi) is 6.58. The van der Waals surface area contributed by atoms with Gasteiger partial charge in [0.25, 0.3) is 0 Å². The van der Waals surface area contributed by atoms with Crippen molar-refractivity contribution in [3.63, 3.8) is 0 Å². The van der Waals surface area contributed by atoms with E-state index >= 15 is 0 Å². The van der Waals surface area contributed by atoms with Crippen LogP contribution >= 0.6 is 0 Å². The monoisotopic (exact) mass is 324 g/mol. The number of hydrogen-bond acceptors (Lipinski definition) is 3. The molecular formula is C19H20N2O3. The van der Waals surface area contributed by atoms with Gasteiger partial charge in [-0.05, 0) is 42.8 Å². The van der Waals surface area contributed by atoms with E-state index < -0.39 is 0 Å². The summed E-state index contributed by atoms with van der Waals surface area (Å²) in [7, 11) is 0. The zero-order chi connectivity index (χ0) is 17.2. The van der Waals surface area contributed by atoms with Gasteiger partial charge < -0.3 is 15.4 Å². The van der Waals surface area contributed by atoms with Crippen molar-refractivity contribution in [2.24, 2.45) is 0 Å². The Morgan fingerprint density at radius 1 is 1.04 bits per heavy atom. The fourth-order valence-corrected chi connectivity index (χ4v) is 1.97. The van der Waals surface area contributed by atoms with Gasteiger partial charge in [-0.25, -0.2) is 0 Å². The molecule has 0 spiro atoms. The van der Waals surface area contributed by atoms with Crippen molar-refractivity contribution in [2.75, 3.05) is 18.5 Å². The average molecular weight is 324 g/mol. The standard InChI is InChI=1S/C19H20N2O3/c1-2-24-17-11-9-16(10-12-17)21-19(23)14-20-18(22)13-8-15-6-4-3-5-7-15/h3-13H,2,14H2,1H3,(H,20,22)(H,21,23). The highest BCUT2D eigenvalue weighted by molar-refractivity contribution is 5.97. The molecule has 0 atom stereocenters. The van der Waals surface area contributed by atoms with Gasteiger partial charge in [0.1, 0.15) is 5.75 Å². The summed E-state index contributed by atoms with van der Waals surface area (Å²) in [5.74, 6) is 0.135. The third-order valence-electron chi connectivity index (χ3n) is 3.10. The largest absolute Gasteiger partial charge is 0.494 e. The lowest BCUT2D eigenvalue weighted by Crippen LogP contribution is -2.31. The molecule has 0 saturated heterocycles. The summed E-state index contributed by atoms with van der Waals surface area (Å²) in [6.07, 6.45) is 3.10. The maximum atomic E-state index is 11.8. The molecule has 2 N–H and O–H groups in total. The lowest BCUT2D eigenvalue weighted by Gasteiger charge is -2.07. The van der Waals surface area contributed by atoms with E-state index in [1.54, 1.807) is 30.3 Å². The summed E-state index contributed by atoms with van der Waals surface area (Å²) >= 11 is 0. The first-order valence-electron chi connectivity index (χ1n) is 7.71. The van der Waals surface area contributed by atoms with Gasteiger partial charge in [-0.1, -0.05) is 30.3 Å². The first-order valence-corrected chi connectivity index (χ1v) is 7.71. The van der Waals surface area contributed by atoms with E-state index in [1.807, 2.05) is 37.3 Å². The van der Waals surface area contributed by atoms with E-state index in [1.165, 1.54) is 6.08 Å².